The van der Waals surface area contributed by atoms with Gasteiger partial charge < -0.3 is 15.4 Å². The highest BCUT2D eigenvalue weighted by molar-refractivity contribution is 7.12. The third kappa shape index (κ3) is 5.38. The van der Waals surface area contributed by atoms with Crippen molar-refractivity contribution in [2.45, 2.75) is 0 Å². The number of hydrogen-bond acceptors (Lipinski definition) is 6. The summed E-state index contributed by atoms with van der Waals surface area (Å²) in [6.45, 7) is -0.458. The Hall–Kier alpha value is -3.23. The molecule has 2 heterocycles. The molecule has 2 amide bonds. The zero-order chi connectivity index (χ0) is 19.9. The van der Waals surface area contributed by atoms with Crippen LogP contribution in [0, 0.1) is 0 Å². The van der Waals surface area contributed by atoms with Gasteiger partial charge >= 0.3 is 5.97 Å². The van der Waals surface area contributed by atoms with Crippen LogP contribution >= 0.6 is 22.9 Å². The van der Waals surface area contributed by atoms with E-state index in [4.69, 9.17) is 16.3 Å². The van der Waals surface area contributed by atoms with Crippen LogP contribution in [-0.2, 0) is 9.53 Å². The molecule has 0 aliphatic rings. The summed E-state index contributed by atoms with van der Waals surface area (Å²) in [7, 11) is 0. The van der Waals surface area contributed by atoms with Crippen LogP contribution in [0.4, 0.5) is 11.5 Å². The Morgan fingerprint density at radius 3 is 2.46 bits per heavy atom. The van der Waals surface area contributed by atoms with Crippen molar-refractivity contribution in [1.29, 1.82) is 0 Å². The molecule has 2 aromatic heterocycles. The lowest BCUT2D eigenvalue weighted by atomic mass is 10.2. The molecule has 0 saturated carbocycles. The monoisotopic (exact) mass is 415 g/mol. The van der Waals surface area contributed by atoms with E-state index in [1.54, 1.807) is 30.3 Å². The number of amides is 2. The summed E-state index contributed by atoms with van der Waals surface area (Å²) in [4.78, 5) is 40.4. The summed E-state index contributed by atoms with van der Waals surface area (Å²) in [5.74, 6) is -1.10. The number of hydrogen-bond donors (Lipinski definition) is 2. The van der Waals surface area contributed by atoms with Gasteiger partial charge in [0.05, 0.1) is 15.5 Å². The van der Waals surface area contributed by atoms with E-state index in [2.05, 4.69) is 15.6 Å². The molecule has 28 heavy (non-hydrogen) atoms. The van der Waals surface area contributed by atoms with Gasteiger partial charge in [-0.05, 0) is 47.8 Å². The van der Waals surface area contributed by atoms with Gasteiger partial charge in [-0.3, -0.25) is 9.59 Å². The summed E-state index contributed by atoms with van der Waals surface area (Å²) in [6.07, 6.45) is 1.39. The molecule has 0 fully saturated rings. The molecule has 0 saturated heterocycles. The second-order valence-corrected chi connectivity index (χ2v) is 6.88. The molecule has 0 unspecified atom stereocenters. The maximum absolute atomic E-state index is 12.0. The first-order valence-electron chi connectivity index (χ1n) is 8.05. The fourth-order valence-electron chi connectivity index (χ4n) is 2.13. The zero-order valence-electron chi connectivity index (χ0n) is 14.3. The quantitative estimate of drug-likeness (QED) is 0.596. The molecule has 0 radical (unpaired) electrons. The lowest BCUT2D eigenvalue weighted by Crippen LogP contribution is -2.21. The largest absolute Gasteiger partial charge is 0.452 e. The average molecular weight is 416 g/mol. The first-order valence-corrected chi connectivity index (χ1v) is 9.30. The van der Waals surface area contributed by atoms with Crippen molar-refractivity contribution < 1.29 is 19.1 Å². The van der Waals surface area contributed by atoms with E-state index in [0.29, 0.717) is 21.4 Å². The molecule has 0 aliphatic heterocycles. The fourth-order valence-corrected chi connectivity index (χ4v) is 2.86. The third-order valence-corrected chi connectivity index (χ3v) is 4.54. The highest BCUT2D eigenvalue weighted by atomic mass is 35.5. The van der Waals surface area contributed by atoms with Gasteiger partial charge in [0.1, 0.15) is 5.82 Å². The number of pyridine rings is 1. The summed E-state index contributed by atoms with van der Waals surface area (Å²) < 4.78 is 4.98. The number of carbonyl (C=O) groups is 3. The minimum absolute atomic E-state index is 0.224. The first kappa shape index (κ1) is 19.5. The first-order chi connectivity index (χ1) is 13.5. The van der Waals surface area contributed by atoms with Gasteiger partial charge in [-0.2, -0.15) is 0 Å². The Balaban J connectivity index is 1.49. The molecule has 9 heteroatoms. The van der Waals surface area contributed by atoms with Crippen molar-refractivity contribution in [3.8, 4) is 0 Å². The van der Waals surface area contributed by atoms with Crippen LogP contribution in [0.25, 0.3) is 0 Å². The summed E-state index contributed by atoms with van der Waals surface area (Å²) in [6, 6.07) is 12.8. The van der Waals surface area contributed by atoms with Gasteiger partial charge in [-0.1, -0.05) is 17.7 Å². The van der Waals surface area contributed by atoms with Gasteiger partial charge in [-0.25, -0.2) is 9.78 Å². The Labute approximate surface area is 169 Å². The molecule has 3 rings (SSSR count). The number of carbonyl (C=O) groups excluding carboxylic acids is 3. The number of nitrogens with zero attached hydrogens (tertiary/aromatic N) is 1. The van der Waals surface area contributed by atoms with Crippen molar-refractivity contribution in [2.24, 2.45) is 0 Å². The minimum atomic E-state index is -0.657. The molecular weight excluding hydrogens is 402 g/mol. The van der Waals surface area contributed by atoms with Gasteiger partial charge in [0.2, 0.25) is 0 Å². The molecule has 0 aliphatic carbocycles. The standard InChI is InChI=1S/C19H14ClN3O4S/c20-13-5-8-16(21-10-13)23-17(24)11-27-19(26)12-3-6-14(7-4-12)22-18(25)15-2-1-9-28-15/h1-10H,11H2,(H,22,25)(H,21,23,24). The van der Waals surface area contributed by atoms with Crippen LogP contribution < -0.4 is 10.6 Å². The predicted octanol–water partition coefficient (Wildman–Crippen LogP) is 3.84. The molecule has 142 valence electrons. The maximum atomic E-state index is 12.0. The van der Waals surface area contributed by atoms with Crippen LogP contribution in [0.5, 0.6) is 0 Å². The number of benzene rings is 1. The normalized spacial score (nSPS) is 10.2. The van der Waals surface area contributed by atoms with Crippen molar-refractivity contribution >= 4 is 52.2 Å². The van der Waals surface area contributed by atoms with Crippen molar-refractivity contribution in [3.63, 3.8) is 0 Å². The fraction of sp³-hybridized carbons (Fsp3) is 0.0526. The van der Waals surface area contributed by atoms with E-state index in [1.165, 1.54) is 35.7 Å². The minimum Gasteiger partial charge on any atom is -0.452 e. The second kappa shape index (κ2) is 9.12. The molecular formula is C19H14ClN3O4S. The molecule has 2 N–H and O–H groups in total. The lowest BCUT2D eigenvalue weighted by molar-refractivity contribution is -0.119. The van der Waals surface area contributed by atoms with Crippen molar-refractivity contribution in [1.82, 2.24) is 4.98 Å². The van der Waals surface area contributed by atoms with Crippen LogP contribution in [0.15, 0.2) is 60.1 Å². The van der Waals surface area contributed by atoms with Crippen molar-refractivity contribution in [3.05, 3.63) is 75.6 Å². The number of rotatable bonds is 6. The predicted molar refractivity (Wildman–Crippen MR) is 107 cm³/mol. The number of thiophene rings is 1. The van der Waals surface area contributed by atoms with E-state index in [1.807, 2.05) is 5.38 Å². The molecule has 7 nitrogen and oxygen atoms in total. The van der Waals surface area contributed by atoms with Gasteiger partial charge in [0.15, 0.2) is 6.61 Å². The highest BCUT2D eigenvalue weighted by Crippen LogP contribution is 2.15. The van der Waals surface area contributed by atoms with Crippen LogP contribution in [0.2, 0.25) is 5.02 Å². The Kier molecular flexibility index (Phi) is 6.36. The molecule has 0 bridgehead atoms. The topological polar surface area (TPSA) is 97.4 Å². The second-order valence-electron chi connectivity index (χ2n) is 5.49. The molecule has 1 aromatic carbocycles. The van der Waals surface area contributed by atoms with E-state index >= 15 is 0 Å². The zero-order valence-corrected chi connectivity index (χ0v) is 15.9. The van der Waals surface area contributed by atoms with E-state index in [-0.39, 0.29) is 11.5 Å². The summed E-state index contributed by atoms with van der Waals surface area (Å²) in [5, 5.41) is 7.48. The number of ether oxygens (including phenoxy) is 1. The third-order valence-electron chi connectivity index (χ3n) is 3.45. The van der Waals surface area contributed by atoms with Gasteiger partial charge in [0.25, 0.3) is 11.8 Å². The number of anilines is 2. The average Bonchev–Trinajstić information content (AvgIpc) is 3.23. The molecule has 3 aromatic rings. The van der Waals surface area contributed by atoms with E-state index in [9.17, 15) is 14.4 Å². The SMILES string of the molecule is O=C(COC(=O)c1ccc(NC(=O)c2cccs2)cc1)Nc1ccc(Cl)cn1. The van der Waals surface area contributed by atoms with Crippen LogP contribution in [-0.4, -0.2) is 29.4 Å². The summed E-state index contributed by atoms with van der Waals surface area (Å²) in [5.41, 5.74) is 0.799. The Morgan fingerprint density at radius 2 is 1.82 bits per heavy atom. The van der Waals surface area contributed by atoms with Crippen LogP contribution in [0.1, 0.15) is 20.0 Å². The Bertz CT molecular complexity index is 973. The number of halogens is 1. The molecule has 0 spiro atoms. The maximum Gasteiger partial charge on any atom is 0.338 e. The summed E-state index contributed by atoms with van der Waals surface area (Å²) >= 11 is 7.05. The smallest absolute Gasteiger partial charge is 0.338 e. The lowest BCUT2D eigenvalue weighted by Gasteiger charge is -2.07. The Morgan fingerprint density at radius 1 is 1.04 bits per heavy atom. The van der Waals surface area contributed by atoms with Gasteiger partial charge in [-0.15, -0.1) is 11.3 Å². The number of esters is 1. The molecule has 0 atom stereocenters. The highest BCUT2D eigenvalue weighted by Gasteiger charge is 2.12. The number of aromatic nitrogens is 1. The van der Waals surface area contributed by atoms with E-state index < -0.39 is 18.5 Å². The number of nitrogens with one attached hydrogen (secondary N) is 2. The van der Waals surface area contributed by atoms with Crippen molar-refractivity contribution in [2.75, 3.05) is 17.2 Å². The van der Waals surface area contributed by atoms with Crippen LogP contribution in [0.3, 0.4) is 0 Å². The van der Waals surface area contributed by atoms with Gasteiger partial charge in [0, 0.05) is 11.9 Å². The van der Waals surface area contributed by atoms with E-state index in [0.717, 1.165) is 0 Å².